The highest BCUT2D eigenvalue weighted by molar-refractivity contribution is 7.71. The van der Waals surface area contributed by atoms with Crippen molar-refractivity contribution in [2.45, 2.75) is 0 Å². The molecular weight excluding hydrogens is 266 g/mol. The summed E-state index contributed by atoms with van der Waals surface area (Å²) < 4.78 is 2.63. The Kier molecular flexibility index (Phi) is 2.44. The van der Waals surface area contributed by atoms with Crippen LogP contribution >= 0.6 is 12.2 Å². The lowest BCUT2D eigenvalue weighted by atomic mass is 10.1. The molecule has 0 radical (unpaired) electrons. The van der Waals surface area contributed by atoms with E-state index < -0.39 is 0 Å². The van der Waals surface area contributed by atoms with Gasteiger partial charge in [0.1, 0.15) is 0 Å². The maximum atomic E-state index is 5.43. The van der Waals surface area contributed by atoms with Crippen molar-refractivity contribution < 1.29 is 0 Å². The molecule has 3 nitrogen and oxygen atoms in total. The Morgan fingerprint density at radius 2 is 1.80 bits per heavy atom. The summed E-state index contributed by atoms with van der Waals surface area (Å²) >= 11 is 5.43. The highest BCUT2D eigenvalue weighted by Crippen LogP contribution is 2.22. The van der Waals surface area contributed by atoms with E-state index in [0.717, 1.165) is 16.9 Å². The molecule has 0 spiro atoms. The maximum Gasteiger partial charge on any atom is 0.183 e. The molecule has 96 valence electrons. The smallest absolute Gasteiger partial charge is 0.183 e. The molecule has 4 heteroatoms. The zero-order valence-electron chi connectivity index (χ0n) is 10.6. The molecule has 0 unspecified atom stereocenters. The third-order valence-electron chi connectivity index (χ3n) is 3.43. The van der Waals surface area contributed by atoms with Gasteiger partial charge in [0.15, 0.2) is 10.4 Å². The molecule has 2 aromatic carbocycles. The predicted octanol–water partition coefficient (Wildman–Crippen LogP) is 4.24. The highest BCUT2D eigenvalue weighted by Gasteiger charge is 2.07. The number of benzene rings is 2. The molecule has 0 amide bonds. The van der Waals surface area contributed by atoms with E-state index in [1.165, 1.54) is 10.8 Å². The fraction of sp³-hybridized carbons (Fsp3) is 0. The largest absolute Gasteiger partial charge is 0.329 e. The van der Waals surface area contributed by atoms with Crippen LogP contribution in [-0.2, 0) is 0 Å². The number of imidazole rings is 1. The molecule has 0 bridgehead atoms. The van der Waals surface area contributed by atoms with Crippen LogP contribution in [-0.4, -0.2) is 14.5 Å². The second-order valence-electron chi connectivity index (χ2n) is 4.67. The van der Waals surface area contributed by atoms with Gasteiger partial charge in [0.05, 0.1) is 11.2 Å². The van der Waals surface area contributed by atoms with Gasteiger partial charge in [-0.05, 0) is 47.3 Å². The molecule has 4 aromatic rings. The van der Waals surface area contributed by atoms with Crippen LogP contribution in [0.5, 0.6) is 0 Å². The van der Waals surface area contributed by atoms with E-state index in [-0.39, 0.29) is 0 Å². The number of hydrogen-bond acceptors (Lipinski definition) is 2. The van der Waals surface area contributed by atoms with E-state index in [9.17, 15) is 0 Å². The van der Waals surface area contributed by atoms with Crippen molar-refractivity contribution in [3.8, 4) is 5.69 Å². The zero-order valence-corrected chi connectivity index (χ0v) is 11.4. The van der Waals surface area contributed by atoms with Crippen molar-refractivity contribution in [1.82, 2.24) is 14.5 Å². The van der Waals surface area contributed by atoms with Crippen molar-refractivity contribution >= 4 is 34.2 Å². The molecule has 0 aliphatic heterocycles. The second-order valence-corrected chi connectivity index (χ2v) is 5.06. The SMILES string of the molecule is S=c1[nH]c2cccnc2n1-c1ccc2ccccc2c1. The number of rotatable bonds is 1. The number of H-pyrrole nitrogens is 1. The molecule has 0 atom stereocenters. The normalized spacial score (nSPS) is 11.2. The van der Waals surface area contributed by atoms with Crippen LogP contribution in [0.15, 0.2) is 60.8 Å². The van der Waals surface area contributed by atoms with Gasteiger partial charge in [-0.3, -0.25) is 4.57 Å². The minimum absolute atomic E-state index is 0.661. The first-order chi connectivity index (χ1) is 9.83. The van der Waals surface area contributed by atoms with Crippen LogP contribution in [0.25, 0.3) is 27.6 Å². The monoisotopic (exact) mass is 277 g/mol. The Morgan fingerprint density at radius 3 is 2.70 bits per heavy atom. The van der Waals surface area contributed by atoms with Gasteiger partial charge in [-0.2, -0.15) is 0 Å². The van der Waals surface area contributed by atoms with Crippen molar-refractivity contribution in [2.75, 3.05) is 0 Å². The van der Waals surface area contributed by atoms with Gasteiger partial charge in [-0.15, -0.1) is 0 Å². The quantitative estimate of drug-likeness (QED) is 0.528. The van der Waals surface area contributed by atoms with E-state index in [1.54, 1.807) is 6.20 Å². The Hall–Kier alpha value is -2.46. The number of nitrogens with one attached hydrogen (secondary N) is 1. The number of fused-ring (bicyclic) bond motifs is 2. The molecule has 0 aliphatic rings. The Bertz CT molecular complexity index is 982. The summed E-state index contributed by atoms with van der Waals surface area (Å²) in [6, 6.07) is 18.5. The molecule has 0 saturated carbocycles. The molecule has 1 N–H and O–H groups in total. The summed E-state index contributed by atoms with van der Waals surface area (Å²) in [5.74, 6) is 0. The van der Waals surface area contributed by atoms with Gasteiger partial charge in [-0.1, -0.05) is 30.3 Å². The van der Waals surface area contributed by atoms with Gasteiger partial charge in [0, 0.05) is 6.20 Å². The van der Waals surface area contributed by atoms with Crippen LogP contribution in [0.3, 0.4) is 0 Å². The number of pyridine rings is 1. The van der Waals surface area contributed by atoms with Crippen molar-refractivity contribution in [1.29, 1.82) is 0 Å². The van der Waals surface area contributed by atoms with Gasteiger partial charge in [-0.25, -0.2) is 4.98 Å². The van der Waals surface area contributed by atoms with Gasteiger partial charge >= 0.3 is 0 Å². The van der Waals surface area contributed by atoms with Crippen molar-refractivity contribution in [3.63, 3.8) is 0 Å². The Balaban J connectivity index is 2.06. The van der Waals surface area contributed by atoms with Crippen LogP contribution in [0.4, 0.5) is 0 Å². The Morgan fingerprint density at radius 1 is 0.950 bits per heavy atom. The van der Waals surface area contributed by atoms with Crippen LogP contribution in [0.1, 0.15) is 0 Å². The van der Waals surface area contributed by atoms with Crippen LogP contribution in [0, 0.1) is 4.77 Å². The number of hydrogen-bond donors (Lipinski definition) is 1. The fourth-order valence-corrected chi connectivity index (χ4v) is 2.80. The Labute approximate surface area is 120 Å². The minimum Gasteiger partial charge on any atom is -0.329 e. The summed E-state index contributed by atoms with van der Waals surface area (Å²) in [4.78, 5) is 7.61. The molecule has 4 rings (SSSR count). The first kappa shape index (κ1) is 11.4. The number of aromatic amines is 1. The fourth-order valence-electron chi connectivity index (χ4n) is 2.50. The maximum absolute atomic E-state index is 5.43. The van der Waals surface area contributed by atoms with Crippen molar-refractivity contribution in [2.24, 2.45) is 0 Å². The van der Waals surface area contributed by atoms with E-state index in [0.29, 0.717) is 4.77 Å². The van der Waals surface area contributed by atoms with Crippen LogP contribution in [0.2, 0.25) is 0 Å². The van der Waals surface area contributed by atoms with E-state index >= 15 is 0 Å². The first-order valence-electron chi connectivity index (χ1n) is 6.38. The molecule has 0 aliphatic carbocycles. The van der Waals surface area contributed by atoms with Crippen molar-refractivity contribution in [3.05, 3.63) is 65.6 Å². The predicted molar refractivity (Wildman–Crippen MR) is 83.8 cm³/mol. The van der Waals surface area contributed by atoms with Crippen LogP contribution < -0.4 is 0 Å². The minimum atomic E-state index is 0.661. The average Bonchev–Trinajstić information content (AvgIpc) is 2.82. The average molecular weight is 277 g/mol. The molecule has 0 fully saturated rings. The highest BCUT2D eigenvalue weighted by atomic mass is 32.1. The lowest BCUT2D eigenvalue weighted by Crippen LogP contribution is -1.95. The van der Waals surface area contributed by atoms with E-state index in [2.05, 4.69) is 40.3 Å². The molecular formula is C16H11N3S. The molecule has 2 aromatic heterocycles. The molecule has 0 saturated heterocycles. The molecule has 20 heavy (non-hydrogen) atoms. The summed E-state index contributed by atoms with van der Waals surface area (Å²) in [7, 11) is 0. The van der Waals surface area contributed by atoms with Gasteiger partial charge in [0.25, 0.3) is 0 Å². The summed E-state index contributed by atoms with van der Waals surface area (Å²) in [5.41, 5.74) is 2.83. The number of nitrogens with zero attached hydrogens (tertiary/aromatic N) is 2. The van der Waals surface area contributed by atoms with Gasteiger partial charge < -0.3 is 4.98 Å². The van der Waals surface area contributed by atoms with E-state index in [4.69, 9.17) is 12.2 Å². The third-order valence-corrected chi connectivity index (χ3v) is 3.72. The van der Waals surface area contributed by atoms with E-state index in [1.807, 2.05) is 28.8 Å². The standard InChI is InChI=1S/C16H11N3S/c20-16-18-14-6-3-9-17-15(14)19(16)13-8-7-11-4-1-2-5-12(11)10-13/h1-10H,(H,18,20). The molecule has 2 heterocycles. The summed E-state index contributed by atoms with van der Waals surface area (Å²) in [6.07, 6.45) is 1.78. The summed E-state index contributed by atoms with van der Waals surface area (Å²) in [5, 5.41) is 2.41. The topological polar surface area (TPSA) is 33.6 Å². The lowest BCUT2D eigenvalue weighted by molar-refractivity contribution is 1.05. The second kappa shape index (κ2) is 4.28. The summed E-state index contributed by atoms with van der Waals surface area (Å²) in [6.45, 7) is 0. The number of aromatic nitrogens is 3. The third kappa shape index (κ3) is 1.66. The zero-order chi connectivity index (χ0) is 13.5. The first-order valence-corrected chi connectivity index (χ1v) is 6.79. The lowest BCUT2D eigenvalue weighted by Gasteiger charge is -2.05. The van der Waals surface area contributed by atoms with Gasteiger partial charge in [0.2, 0.25) is 0 Å².